The number of non-ortho nitro benzene ring substituents is 1. The van der Waals surface area contributed by atoms with Crippen LogP contribution >= 0.6 is 0 Å². The minimum absolute atomic E-state index is 0.158. The third-order valence-electron chi connectivity index (χ3n) is 3.79. The van der Waals surface area contributed by atoms with Gasteiger partial charge in [0.25, 0.3) is 17.5 Å². The molecule has 0 aliphatic heterocycles. The van der Waals surface area contributed by atoms with Crippen molar-refractivity contribution in [3.8, 4) is 0 Å². The van der Waals surface area contributed by atoms with E-state index >= 15 is 0 Å². The average Bonchev–Trinajstić information content (AvgIpc) is 2.75. The van der Waals surface area contributed by atoms with Crippen LogP contribution in [0.4, 0.5) is 11.4 Å². The van der Waals surface area contributed by atoms with Crippen LogP contribution in [-0.2, 0) is 0 Å². The van der Waals surface area contributed by atoms with Crippen molar-refractivity contribution in [1.82, 2.24) is 10.4 Å². The number of nitrogens with zero attached hydrogens (tertiary/aromatic N) is 3. The van der Waals surface area contributed by atoms with Gasteiger partial charge >= 0.3 is 0 Å². The molecule has 3 aromatic rings. The van der Waals surface area contributed by atoms with E-state index in [-0.39, 0.29) is 11.3 Å². The number of hydrogen-bond acceptors (Lipinski definition) is 6. The van der Waals surface area contributed by atoms with Gasteiger partial charge in [-0.3, -0.25) is 24.7 Å². The molecule has 2 amide bonds. The smallest absolute Gasteiger partial charge is 0.271 e. The molecule has 0 saturated carbocycles. The summed E-state index contributed by atoms with van der Waals surface area (Å²) in [6, 6.07) is 15.1. The highest BCUT2D eigenvalue weighted by Crippen LogP contribution is 2.16. The maximum Gasteiger partial charge on any atom is 0.271 e. The first-order valence-electron chi connectivity index (χ1n) is 8.42. The number of aromatic nitrogens is 1. The number of nitro benzene ring substituents is 1. The van der Waals surface area contributed by atoms with Crippen LogP contribution in [0.25, 0.3) is 0 Å². The number of carbonyl (C=O) groups excluding carboxylic acids is 2. The molecule has 0 aliphatic rings. The number of hydrazone groups is 1. The Kier molecular flexibility index (Phi) is 6.01. The molecule has 144 valence electrons. The Morgan fingerprint density at radius 1 is 1.00 bits per heavy atom. The summed E-state index contributed by atoms with van der Waals surface area (Å²) in [5.74, 6) is -0.909. The summed E-state index contributed by atoms with van der Waals surface area (Å²) in [5.41, 5.74) is 3.92. The minimum atomic E-state index is -0.568. The second-order valence-corrected chi connectivity index (χ2v) is 5.82. The van der Waals surface area contributed by atoms with Crippen LogP contribution in [0.1, 0.15) is 26.3 Å². The van der Waals surface area contributed by atoms with Crippen LogP contribution in [0.2, 0.25) is 0 Å². The molecule has 3 rings (SSSR count). The Balaban J connectivity index is 1.60. The second-order valence-electron chi connectivity index (χ2n) is 5.82. The van der Waals surface area contributed by atoms with Gasteiger partial charge in [-0.05, 0) is 36.4 Å². The van der Waals surface area contributed by atoms with Gasteiger partial charge in [0.1, 0.15) is 0 Å². The van der Waals surface area contributed by atoms with Crippen LogP contribution in [0.5, 0.6) is 0 Å². The second kappa shape index (κ2) is 9.00. The van der Waals surface area contributed by atoms with E-state index in [2.05, 4.69) is 20.8 Å². The number of amides is 2. The molecule has 0 radical (unpaired) electrons. The lowest BCUT2D eigenvalue weighted by Gasteiger charge is -2.06. The van der Waals surface area contributed by atoms with Crippen molar-refractivity contribution in [3.63, 3.8) is 0 Å². The highest BCUT2D eigenvalue weighted by molar-refractivity contribution is 6.05. The summed E-state index contributed by atoms with van der Waals surface area (Å²) in [4.78, 5) is 38.5. The number of rotatable bonds is 6. The fourth-order valence-electron chi connectivity index (χ4n) is 2.35. The Morgan fingerprint density at radius 3 is 2.48 bits per heavy atom. The standard InChI is InChI=1S/C20H15N5O4/c26-19(16-4-1-5-18(11-16)25(28)29)23-17-8-6-15(7-9-17)20(27)24-22-13-14-3-2-10-21-12-14/h1-13H,(H,23,26)(H,24,27). The zero-order valence-electron chi connectivity index (χ0n) is 15.0. The predicted octanol–water partition coefficient (Wildman–Crippen LogP) is 3.01. The lowest BCUT2D eigenvalue weighted by atomic mass is 10.1. The lowest BCUT2D eigenvalue weighted by Crippen LogP contribution is -2.18. The zero-order valence-corrected chi connectivity index (χ0v) is 15.0. The van der Waals surface area contributed by atoms with Crippen LogP contribution in [0, 0.1) is 10.1 Å². The van der Waals surface area contributed by atoms with Crippen molar-refractivity contribution in [1.29, 1.82) is 0 Å². The molecule has 2 N–H and O–H groups in total. The first-order chi connectivity index (χ1) is 14.0. The molecule has 2 aromatic carbocycles. The molecule has 9 nitrogen and oxygen atoms in total. The summed E-state index contributed by atoms with van der Waals surface area (Å²) in [7, 11) is 0. The molecule has 0 atom stereocenters. The maximum atomic E-state index is 12.2. The molecule has 0 aliphatic carbocycles. The normalized spacial score (nSPS) is 10.5. The SMILES string of the molecule is O=C(NN=Cc1cccnc1)c1ccc(NC(=O)c2cccc([N+](=O)[O-])c2)cc1. The first-order valence-corrected chi connectivity index (χ1v) is 8.42. The van der Waals surface area contributed by atoms with Gasteiger partial charge < -0.3 is 5.32 Å². The van der Waals surface area contributed by atoms with Gasteiger partial charge in [-0.15, -0.1) is 0 Å². The number of nitro groups is 1. The molecule has 29 heavy (non-hydrogen) atoms. The summed E-state index contributed by atoms with van der Waals surface area (Å²) in [6.45, 7) is 0. The van der Waals surface area contributed by atoms with Crippen molar-refractivity contribution >= 4 is 29.4 Å². The molecule has 9 heteroatoms. The van der Waals surface area contributed by atoms with Crippen LogP contribution < -0.4 is 10.7 Å². The van der Waals surface area contributed by atoms with Gasteiger partial charge in [-0.25, -0.2) is 5.43 Å². The Bertz CT molecular complexity index is 1070. The van der Waals surface area contributed by atoms with Gasteiger partial charge in [0.2, 0.25) is 0 Å². The van der Waals surface area contributed by atoms with Crippen molar-refractivity contribution in [3.05, 3.63) is 99.9 Å². The zero-order chi connectivity index (χ0) is 20.6. The third kappa shape index (κ3) is 5.30. The topological polar surface area (TPSA) is 127 Å². The minimum Gasteiger partial charge on any atom is -0.322 e. The van der Waals surface area contributed by atoms with Crippen molar-refractivity contribution < 1.29 is 14.5 Å². The van der Waals surface area contributed by atoms with E-state index < -0.39 is 16.7 Å². The van der Waals surface area contributed by atoms with Crippen molar-refractivity contribution in [2.45, 2.75) is 0 Å². The Hall–Kier alpha value is -4.40. The van der Waals surface area contributed by atoms with E-state index in [0.717, 1.165) is 5.56 Å². The van der Waals surface area contributed by atoms with Gasteiger partial charge in [0, 0.05) is 46.9 Å². The lowest BCUT2D eigenvalue weighted by molar-refractivity contribution is -0.384. The average molecular weight is 389 g/mol. The number of pyridine rings is 1. The van der Waals surface area contributed by atoms with Crippen LogP contribution in [0.15, 0.2) is 78.2 Å². The first kappa shape index (κ1) is 19.4. The molecule has 1 heterocycles. The van der Waals surface area contributed by atoms with Crippen molar-refractivity contribution in [2.24, 2.45) is 5.10 Å². The fourth-order valence-corrected chi connectivity index (χ4v) is 2.35. The maximum absolute atomic E-state index is 12.2. The monoisotopic (exact) mass is 389 g/mol. The number of anilines is 1. The number of nitrogens with one attached hydrogen (secondary N) is 2. The highest BCUT2D eigenvalue weighted by atomic mass is 16.6. The molecule has 0 unspecified atom stereocenters. The van der Waals surface area contributed by atoms with E-state index in [0.29, 0.717) is 11.3 Å². The van der Waals surface area contributed by atoms with Crippen LogP contribution in [-0.4, -0.2) is 27.9 Å². The number of carbonyl (C=O) groups is 2. The van der Waals surface area contributed by atoms with E-state index in [4.69, 9.17) is 0 Å². The quantitative estimate of drug-likeness (QED) is 0.381. The summed E-state index contributed by atoms with van der Waals surface area (Å²) < 4.78 is 0. The van der Waals surface area contributed by atoms with E-state index in [1.54, 1.807) is 36.7 Å². The highest BCUT2D eigenvalue weighted by Gasteiger charge is 2.12. The molecular weight excluding hydrogens is 374 g/mol. The molecule has 0 spiro atoms. The van der Waals surface area contributed by atoms with E-state index in [1.165, 1.54) is 42.6 Å². The molecular formula is C20H15N5O4. The molecule has 1 aromatic heterocycles. The van der Waals surface area contributed by atoms with Crippen molar-refractivity contribution in [2.75, 3.05) is 5.32 Å². The molecule has 0 bridgehead atoms. The van der Waals surface area contributed by atoms with Gasteiger partial charge in [-0.1, -0.05) is 12.1 Å². The van der Waals surface area contributed by atoms with Gasteiger partial charge in [0.15, 0.2) is 0 Å². The fraction of sp³-hybridized carbons (Fsp3) is 0. The van der Waals surface area contributed by atoms with Crippen LogP contribution in [0.3, 0.4) is 0 Å². The summed E-state index contributed by atoms with van der Waals surface area (Å²) in [6.07, 6.45) is 4.71. The predicted molar refractivity (Wildman–Crippen MR) is 107 cm³/mol. The summed E-state index contributed by atoms with van der Waals surface area (Å²) >= 11 is 0. The third-order valence-corrected chi connectivity index (χ3v) is 3.79. The van der Waals surface area contributed by atoms with E-state index in [1.807, 2.05) is 0 Å². The Morgan fingerprint density at radius 2 is 1.79 bits per heavy atom. The Labute approximate surface area is 165 Å². The summed E-state index contributed by atoms with van der Waals surface area (Å²) in [5, 5.41) is 17.3. The largest absolute Gasteiger partial charge is 0.322 e. The van der Waals surface area contributed by atoms with Gasteiger partial charge in [0.05, 0.1) is 11.1 Å². The number of benzene rings is 2. The molecule has 0 saturated heterocycles. The van der Waals surface area contributed by atoms with E-state index in [9.17, 15) is 19.7 Å². The molecule has 0 fully saturated rings. The number of hydrogen-bond donors (Lipinski definition) is 2. The van der Waals surface area contributed by atoms with Gasteiger partial charge in [-0.2, -0.15) is 5.10 Å².